The van der Waals surface area contributed by atoms with E-state index >= 15 is 0 Å². The number of piperidine rings is 1. The Kier molecular flexibility index (Phi) is 6.76. The predicted octanol–water partition coefficient (Wildman–Crippen LogP) is 2.81. The van der Waals surface area contributed by atoms with E-state index in [9.17, 15) is 9.59 Å². The Balaban J connectivity index is 2.31. The van der Waals surface area contributed by atoms with Crippen molar-refractivity contribution in [2.75, 3.05) is 6.54 Å². The highest BCUT2D eigenvalue weighted by Crippen LogP contribution is 2.22. The Morgan fingerprint density at radius 2 is 1.94 bits per heavy atom. The Bertz CT molecular complexity index is 276. The molecule has 0 saturated carbocycles. The number of likely N-dealkylation sites (tertiary alicyclic amines) is 1. The van der Waals surface area contributed by atoms with Gasteiger partial charge in [0.25, 0.3) is 0 Å². The summed E-state index contributed by atoms with van der Waals surface area (Å²) in [4.78, 5) is 24.5. The Morgan fingerprint density at radius 3 is 2.61 bits per heavy atom. The van der Waals surface area contributed by atoms with E-state index in [2.05, 4.69) is 6.92 Å². The van der Waals surface area contributed by atoms with Gasteiger partial charge in [-0.3, -0.25) is 9.59 Å². The van der Waals surface area contributed by atoms with Crippen molar-refractivity contribution in [2.45, 2.75) is 70.8 Å². The highest BCUT2D eigenvalue weighted by Gasteiger charge is 2.25. The van der Waals surface area contributed by atoms with Gasteiger partial charge in [-0.15, -0.1) is 0 Å². The lowest BCUT2D eigenvalue weighted by Gasteiger charge is -2.36. The first-order chi connectivity index (χ1) is 8.65. The van der Waals surface area contributed by atoms with Gasteiger partial charge in [0.05, 0.1) is 0 Å². The number of carboxylic acids is 1. The summed E-state index contributed by atoms with van der Waals surface area (Å²) in [5, 5.41) is 8.54. The number of amides is 1. The van der Waals surface area contributed by atoms with Gasteiger partial charge in [-0.1, -0.05) is 13.3 Å². The number of carbonyl (C=O) groups excluding carboxylic acids is 1. The largest absolute Gasteiger partial charge is 0.481 e. The van der Waals surface area contributed by atoms with Crippen LogP contribution in [0.2, 0.25) is 0 Å². The maximum Gasteiger partial charge on any atom is 0.303 e. The van der Waals surface area contributed by atoms with E-state index in [1.807, 2.05) is 4.90 Å². The van der Waals surface area contributed by atoms with E-state index in [0.717, 1.165) is 32.2 Å². The van der Waals surface area contributed by atoms with Gasteiger partial charge >= 0.3 is 5.97 Å². The fraction of sp³-hybridized carbons (Fsp3) is 0.857. The van der Waals surface area contributed by atoms with Gasteiger partial charge in [0.1, 0.15) is 0 Å². The van der Waals surface area contributed by atoms with Gasteiger partial charge < -0.3 is 10.0 Å². The molecule has 18 heavy (non-hydrogen) atoms. The van der Waals surface area contributed by atoms with Crippen molar-refractivity contribution in [2.24, 2.45) is 0 Å². The molecule has 1 aliphatic rings. The molecule has 1 heterocycles. The highest BCUT2D eigenvalue weighted by molar-refractivity contribution is 5.76. The summed E-state index contributed by atoms with van der Waals surface area (Å²) in [7, 11) is 0. The first-order valence-corrected chi connectivity index (χ1v) is 7.16. The molecular formula is C14H25NO3. The second kappa shape index (κ2) is 8.11. The monoisotopic (exact) mass is 255 g/mol. The minimum absolute atomic E-state index is 0.172. The Morgan fingerprint density at radius 1 is 1.22 bits per heavy atom. The van der Waals surface area contributed by atoms with Crippen LogP contribution in [0, 0.1) is 0 Å². The molecule has 0 aromatic rings. The average molecular weight is 255 g/mol. The molecule has 104 valence electrons. The number of hydrogen-bond donors (Lipinski definition) is 1. The maximum atomic E-state index is 12.1. The molecule has 1 rings (SSSR count). The van der Waals surface area contributed by atoms with E-state index in [1.165, 1.54) is 6.42 Å². The molecule has 0 aliphatic carbocycles. The van der Waals surface area contributed by atoms with Crippen LogP contribution in [-0.4, -0.2) is 34.5 Å². The summed E-state index contributed by atoms with van der Waals surface area (Å²) in [5.74, 6) is -0.553. The second-order valence-corrected chi connectivity index (χ2v) is 5.13. The van der Waals surface area contributed by atoms with Gasteiger partial charge in [0, 0.05) is 25.4 Å². The lowest BCUT2D eigenvalue weighted by Crippen LogP contribution is -2.43. The SMILES string of the molecule is CCCC1CCCCN1C(=O)CCCCC(=O)O. The quantitative estimate of drug-likeness (QED) is 0.712. The highest BCUT2D eigenvalue weighted by atomic mass is 16.4. The van der Waals surface area contributed by atoms with Crippen LogP contribution in [-0.2, 0) is 9.59 Å². The molecule has 0 radical (unpaired) electrons. The Labute approximate surface area is 109 Å². The van der Waals surface area contributed by atoms with E-state index in [1.54, 1.807) is 0 Å². The van der Waals surface area contributed by atoms with E-state index in [4.69, 9.17) is 5.11 Å². The minimum atomic E-state index is -0.774. The van der Waals surface area contributed by atoms with Crippen LogP contribution in [0.4, 0.5) is 0 Å². The van der Waals surface area contributed by atoms with Gasteiger partial charge in [-0.05, 0) is 38.5 Å². The fourth-order valence-electron chi connectivity index (χ4n) is 2.66. The first kappa shape index (κ1) is 15.0. The molecule has 1 amide bonds. The summed E-state index contributed by atoms with van der Waals surface area (Å²) in [6.45, 7) is 3.05. The zero-order valence-corrected chi connectivity index (χ0v) is 11.4. The third-order valence-corrected chi connectivity index (χ3v) is 3.60. The van der Waals surface area contributed by atoms with Crippen molar-refractivity contribution in [1.82, 2.24) is 4.90 Å². The van der Waals surface area contributed by atoms with Gasteiger partial charge in [-0.25, -0.2) is 0 Å². The average Bonchev–Trinajstić information content (AvgIpc) is 2.35. The van der Waals surface area contributed by atoms with Crippen molar-refractivity contribution in [3.05, 3.63) is 0 Å². The fourth-order valence-corrected chi connectivity index (χ4v) is 2.66. The lowest BCUT2D eigenvalue weighted by atomic mass is 9.97. The number of aliphatic carboxylic acids is 1. The van der Waals surface area contributed by atoms with Crippen molar-refractivity contribution >= 4 is 11.9 Å². The smallest absolute Gasteiger partial charge is 0.303 e. The van der Waals surface area contributed by atoms with E-state index < -0.39 is 5.97 Å². The van der Waals surface area contributed by atoms with Crippen LogP contribution in [0.1, 0.15) is 64.7 Å². The van der Waals surface area contributed by atoms with E-state index in [-0.39, 0.29) is 12.3 Å². The molecule has 0 bridgehead atoms. The molecule has 1 saturated heterocycles. The molecule has 1 fully saturated rings. The topological polar surface area (TPSA) is 57.6 Å². The van der Waals surface area contributed by atoms with Crippen LogP contribution in [0.25, 0.3) is 0 Å². The lowest BCUT2D eigenvalue weighted by molar-refractivity contribution is -0.138. The molecule has 0 aromatic heterocycles. The van der Waals surface area contributed by atoms with Crippen LogP contribution in [0.5, 0.6) is 0 Å². The Hall–Kier alpha value is -1.06. The molecule has 4 nitrogen and oxygen atoms in total. The van der Waals surface area contributed by atoms with Crippen LogP contribution < -0.4 is 0 Å². The summed E-state index contributed by atoms with van der Waals surface area (Å²) < 4.78 is 0. The van der Waals surface area contributed by atoms with E-state index in [0.29, 0.717) is 25.3 Å². The summed E-state index contributed by atoms with van der Waals surface area (Å²) >= 11 is 0. The summed E-state index contributed by atoms with van der Waals surface area (Å²) in [6.07, 6.45) is 7.67. The molecule has 1 atom stereocenters. The van der Waals surface area contributed by atoms with Crippen LogP contribution in [0.3, 0.4) is 0 Å². The number of carboxylic acid groups (broad SMARTS) is 1. The third kappa shape index (κ3) is 5.07. The van der Waals surface area contributed by atoms with Gasteiger partial charge in [-0.2, -0.15) is 0 Å². The molecule has 1 N–H and O–H groups in total. The molecule has 0 aromatic carbocycles. The number of rotatable bonds is 7. The predicted molar refractivity (Wildman–Crippen MR) is 70.4 cm³/mol. The number of carbonyl (C=O) groups is 2. The normalized spacial score (nSPS) is 19.8. The molecule has 4 heteroatoms. The molecule has 1 aliphatic heterocycles. The van der Waals surface area contributed by atoms with Crippen molar-refractivity contribution < 1.29 is 14.7 Å². The van der Waals surface area contributed by atoms with Crippen molar-refractivity contribution in [3.8, 4) is 0 Å². The molecular weight excluding hydrogens is 230 g/mol. The van der Waals surface area contributed by atoms with Crippen molar-refractivity contribution in [3.63, 3.8) is 0 Å². The molecule has 0 spiro atoms. The second-order valence-electron chi connectivity index (χ2n) is 5.13. The van der Waals surface area contributed by atoms with Gasteiger partial charge in [0.2, 0.25) is 5.91 Å². The zero-order chi connectivity index (χ0) is 13.4. The van der Waals surface area contributed by atoms with Crippen molar-refractivity contribution in [1.29, 1.82) is 0 Å². The van der Waals surface area contributed by atoms with Crippen LogP contribution in [0.15, 0.2) is 0 Å². The van der Waals surface area contributed by atoms with Gasteiger partial charge in [0.15, 0.2) is 0 Å². The number of hydrogen-bond acceptors (Lipinski definition) is 2. The number of nitrogens with zero attached hydrogens (tertiary/aromatic N) is 1. The molecule has 1 unspecified atom stereocenters. The summed E-state index contributed by atoms with van der Waals surface area (Å²) in [6, 6.07) is 0.427. The maximum absolute atomic E-state index is 12.1. The first-order valence-electron chi connectivity index (χ1n) is 7.16. The van der Waals surface area contributed by atoms with Crippen LogP contribution >= 0.6 is 0 Å². The zero-order valence-electron chi connectivity index (χ0n) is 11.4. The third-order valence-electron chi connectivity index (χ3n) is 3.60. The standard InChI is InChI=1S/C14H25NO3/c1-2-7-12-8-5-6-11-15(12)13(16)9-3-4-10-14(17)18/h12H,2-11H2,1H3,(H,17,18). The summed E-state index contributed by atoms with van der Waals surface area (Å²) in [5.41, 5.74) is 0. The number of unbranched alkanes of at least 4 members (excludes halogenated alkanes) is 1. The minimum Gasteiger partial charge on any atom is -0.481 e.